The van der Waals surface area contributed by atoms with Gasteiger partial charge in [0.1, 0.15) is 0 Å². The van der Waals surface area contributed by atoms with Gasteiger partial charge in [-0.2, -0.15) is 0 Å². The molecule has 2 aromatic rings. The first kappa shape index (κ1) is 12.9. The predicted molar refractivity (Wildman–Crippen MR) is 78.2 cm³/mol. The third kappa shape index (κ3) is 2.82. The van der Waals surface area contributed by atoms with Gasteiger partial charge < -0.3 is 5.32 Å². The van der Waals surface area contributed by atoms with Gasteiger partial charge in [-0.3, -0.25) is 0 Å². The number of thiophene rings is 1. The molecule has 2 unspecified atom stereocenters. The third-order valence-corrected chi connectivity index (χ3v) is 4.49. The van der Waals surface area contributed by atoms with E-state index >= 15 is 0 Å². The van der Waals surface area contributed by atoms with Gasteiger partial charge in [0.15, 0.2) is 0 Å². The molecule has 0 amide bonds. The smallest absolute Gasteiger partial charge is 0.0738 e. The zero-order chi connectivity index (χ0) is 12.3. The summed E-state index contributed by atoms with van der Waals surface area (Å²) in [5, 5.41) is 6.92. The predicted octanol–water partition coefficient (Wildman–Crippen LogP) is 4.57. The van der Waals surface area contributed by atoms with E-state index in [1.807, 2.05) is 0 Å². The van der Waals surface area contributed by atoms with Gasteiger partial charge in [-0.15, -0.1) is 22.9 Å². The van der Waals surface area contributed by atoms with Crippen molar-refractivity contribution in [1.29, 1.82) is 0 Å². The number of hydrogen-bond acceptors (Lipinski definition) is 2. The Morgan fingerprint density at radius 1 is 1.29 bits per heavy atom. The summed E-state index contributed by atoms with van der Waals surface area (Å²) in [5.74, 6) is 0. The maximum Gasteiger partial charge on any atom is 0.0738 e. The lowest BCUT2D eigenvalue weighted by Gasteiger charge is -2.22. The minimum absolute atomic E-state index is 0.0476. The van der Waals surface area contributed by atoms with E-state index in [0.29, 0.717) is 6.04 Å². The summed E-state index contributed by atoms with van der Waals surface area (Å²) >= 11 is 8.33. The molecular weight excluding hydrogens is 250 g/mol. The number of rotatable bonds is 5. The molecule has 17 heavy (non-hydrogen) atoms. The minimum Gasteiger partial charge on any atom is -0.312 e. The SMILES string of the molecule is CCNC(CC)C(Cl)c1ccc2ccsc2c1. The van der Waals surface area contributed by atoms with E-state index in [-0.39, 0.29) is 5.38 Å². The Morgan fingerprint density at radius 3 is 2.82 bits per heavy atom. The van der Waals surface area contributed by atoms with E-state index in [2.05, 4.69) is 48.8 Å². The number of halogens is 1. The number of nitrogens with one attached hydrogen (secondary N) is 1. The first-order valence-electron chi connectivity index (χ1n) is 6.10. The van der Waals surface area contributed by atoms with E-state index in [1.165, 1.54) is 15.6 Å². The Balaban J connectivity index is 2.24. The Kier molecular flexibility index (Phi) is 4.43. The maximum absolute atomic E-state index is 6.56. The van der Waals surface area contributed by atoms with Gasteiger partial charge in [0, 0.05) is 10.7 Å². The maximum atomic E-state index is 6.56. The van der Waals surface area contributed by atoms with Crippen LogP contribution in [0.4, 0.5) is 0 Å². The molecule has 3 heteroatoms. The van der Waals surface area contributed by atoms with Gasteiger partial charge in [-0.05, 0) is 41.4 Å². The lowest BCUT2D eigenvalue weighted by molar-refractivity contribution is 0.498. The second kappa shape index (κ2) is 5.85. The van der Waals surface area contributed by atoms with Crippen molar-refractivity contribution in [2.75, 3.05) is 6.54 Å². The van der Waals surface area contributed by atoms with Crippen LogP contribution in [0.15, 0.2) is 29.6 Å². The van der Waals surface area contributed by atoms with Gasteiger partial charge in [0.05, 0.1) is 5.38 Å². The van der Waals surface area contributed by atoms with Crippen molar-refractivity contribution in [1.82, 2.24) is 5.32 Å². The molecule has 2 rings (SSSR count). The second-order valence-electron chi connectivity index (χ2n) is 4.19. The van der Waals surface area contributed by atoms with Crippen LogP contribution in [0.5, 0.6) is 0 Å². The average molecular weight is 268 g/mol. The molecule has 2 atom stereocenters. The number of benzene rings is 1. The molecular formula is C14H18ClNS. The van der Waals surface area contributed by atoms with Crippen LogP contribution >= 0.6 is 22.9 Å². The molecule has 0 fully saturated rings. The first-order chi connectivity index (χ1) is 8.26. The fourth-order valence-corrected chi connectivity index (χ4v) is 3.33. The van der Waals surface area contributed by atoms with Gasteiger partial charge in [-0.25, -0.2) is 0 Å². The zero-order valence-electron chi connectivity index (χ0n) is 10.2. The van der Waals surface area contributed by atoms with Crippen LogP contribution in [-0.2, 0) is 0 Å². The van der Waals surface area contributed by atoms with Gasteiger partial charge in [0.2, 0.25) is 0 Å². The average Bonchev–Trinajstić information content (AvgIpc) is 2.82. The molecule has 0 saturated carbocycles. The zero-order valence-corrected chi connectivity index (χ0v) is 11.8. The van der Waals surface area contributed by atoms with E-state index in [1.54, 1.807) is 11.3 Å². The number of likely N-dealkylation sites (N-methyl/N-ethyl adjacent to an activating group) is 1. The van der Waals surface area contributed by atoms with Gasteiger partial charge in [-0.1, -0.05) is 26.0 Å². The van der Waals surface area contributed by atoms with Crippen LogP contribution in [0.25, 0.3) is 10.1 Å². The molecule has 1 aromatic heterocycles. The molecule has 1 nitrogen and oxygen atoms in total. The Bertz CT molecular complexity index is 480. The van der Waals surface area contributed by atoms with E-state index in [4.69, 9.17) is 11.6 Å². The molecule has 0 radical (unpaired) electrons. The summed E-state index contributed by atoms with van der Waals surface area (Å²) in [6.45, 7) is 5.25. The van der Waals surface area contributed by atoms with Crippen molar-refractivity contribution in [3.8, 4) is 0 Å². The molecule has 92 valence electrons. The van der Waals surface area contributed by atoms with E-state index in [9.17, 15) is 0 Å². The van der Waals surface area contributed by atoms with Crippen LogP contribution in [0.3, 0.4) is 0 Å². The molecule has 1 aromatic carbocycles. The second-order valence-corrected chi connectivity index (χ2v) is 5.61. The highest BCUT2D eigenvalue weighted by Crippen LogP contribution is 2.30. The number of fused-ring (bicyclic) bond motifs is 1. The Labute approximate surface area is 112 Å². The topological polar surface area (TPSA) is 12.0 Å². The van der Waals surface area contributed by atoms with Gasteiger partial charge >= 0.3 is 0 Å². The number of alkyl halides is 1. The Morgan fingerprint density at radius 2 is 2.12 bits per heavy atom. The van der Waals surface area contributed by atoms with Crippen LogP contribution in [0.1, 0.15) is 31.2 Å². The molecule has 1 N–H and O–H groups in total. The van der Waals surface area contributed by atoms with Crippen LogP contribution in [-0.4, -0.2) is 12.6 Å². The third-order valence-electron chi connectivity index (χ3n) is 3.06. The lowest BCUT2D eigenvalue weighted by atomic mass is 10.0. The van der Waals surface area contributed by atoms with E-state index < -0.39 is 0 Å². The van der Waals surface area contributed by atoms with Crippen molar-refractivity contribution in [2.24, 2.45) is 0 Å². The fraction of sp³-hybridized carbons (Fsp3) is 0.429. The van der Waals surface area contributed by atoms with Crippen LogP contribution in [0.2, 0.25) is 0 Å². The lowest BCUT2D eigenvalue weighted by Crippen LogP contribution is -2.31. The summed E-state index contributed by atoms with van der Waals surface area (Å²) in [5.41, 5.74) is 1.22. The molecule has 0 aliphatic heterocycles. The number of hydrogen-bond donors (Lipinski definition) is 1. The summed E-state index contributed by atoms with van der Waals surface area (Å²) in [6, 6.07) is 9.02. The fourth-order valence-electron chi connectivity index (χ4n) is 2.09. The highest BCUT2D eigenvalue weighted by molar-refractivity contribution is 7.17. The molecule has 1 heterocycles. The van der Waals surface area contributed by atoms with Crippen molar-refractivity contribution in [3.63, 3.8) is 0 Å². The summed E-state index contributed by atoms with van der Waals surface area (Å²) < 4.78 is 1.32. The summed E-state index contributed by atoms with van der Waals surface area (Å²) in [6.07, 6.45) is 1.05. The highest BCUT2D eigenvalue weighted by atomic mass is 35.5. The first-order valence-corrected chi connectivity index (χ1v) is 7.42. The highest BCUT2D eigenvalue weighted by Gasteiger charge is 2.18. The molecule has 0 spiro atoms. The van der Waals surface area contributed by atoms with Gasteiger partial charge in [0.25, 0.3) is 0 Å². The summed E-state index contributed by atoms with van der Waals surface area (Å²) in [4.78, 5) is 0. The van der Waals surface area contributed by atoms with Crippen LogP contribution in [0, 0.1) is 0 Å². The van der Waals surface area contributed by atoms with Crippen molar-refractivity contribution in [3.05, 3.63) is 35.2 Å². The molecule has 0 bridgehead atoms. The van der Waals surface area contributed by atoms with Crippen molar-refractivity contribution in [2.45, 2.75) is 31.7 Å². The molecule has 0 aliphatic rings. The normalized spacial score (nSPS) is 15.0. The quantitative estimate of drug-likeness (QED) is 0.783. The van der Waals surface area contributed by atoms with E-state index in [0.717, 1.165) is 13.0 Å². The van der Waals surface area contributed by atoms with Crippen molar-refractivity contribution < 1.29 is 0 Å². The molecule has 0 saturated heterocycles. The standard InChI is InChI=1S/C14H18ClNS/c1-3-12(16-4-2)14(15)11-6-5-10-7-8-17-13(10)9-11/h5-9,12,14,16H,3-4H2,1-2H3. The van der Waals surface area contributed by atoms with Crippen LogP contribution < -0.4 is 5.32 Å². The summed E-state index contributed by atoms with van der Waals surface area (Å²) in [7, 11) is 0. The minimum atomic E-state index is 0.0476. The Hall–Kier alpha value is -0.570. The monoisotopic (exact) mass is 267 g/mol. The molecule has 0 aliphatic carbocycles. The van der Waals surface area contributed by atoms with Crippen molar-refractivity contribution >= 4 is 33.0 Å². The largest absolute Gasteiger partial charge is 0.312 e.